The van der Waals surface area contributed by atoms with E-state index in [-0.39, 0.29) is 11.7 Å². The van der Waals surface area contributed by atoms with Gasteiger partial charge in [-0.1, -0.05) is 23.4 Å². The van der Waals surface area contributed by atoms with E-state index in [9.17, 15) is 9.00 Å². The number of carbonyl (C=O) groups is 1. The molecule has 0 unspecified atom stereocenters. The zero-order valence-electron chi connectivity index (χ0n) is 12.3. The Morgan fingerprint density at radius 2 is 2.05 bits per heavy atom. The maximum Gasteiger partial charge on any atom is 0.242 e. The minimum atomic E-state index is -1.35. The Morgan fingerprint density at radius 1 is 1.38 bits per heavy atom. The van der Waals surface area contributed by atoms with Crippen LogP contribution in [-0.4, -0.2) is 27.6 Å². The lowest BCUT2D eigenvalue weighted by atomic mass is 10.3. The van der Waals surface area contributed by atoms with Crippen LogP contribution in [0.1, 0.15) is 18.4 Å². The van der Waals surface area contributed by atoms with Gasteiger partial charge in [0.1, 0.15) is 11.0 Å². The van der Waals surface area contributed by atoms with Crippen molar-refractivity contribution in [2.75, 3.05) is 11.9 Å². The molecule has 0 aliphatic carbocycles. The van der Waals surface area contributed by atoms with Crippen LogP contribution in [0, 0.1) is 6.92 Å². The van der Waals surface area contributed by atoms with Gasteiger partial charge in [-0.2, -0.15) is 0 Å². The third-order valence-corrected chi connectivity index (χ3v) is 4.74. The van der Waals surface area contributed by atoms with Crippen molar-refractivity contribution in [1.29, 1.82) is 0 Å². The van der Waals surface area contributed by atoms with Gasteiger partial charge in [-0.3, -0.25) is 9.00 Å². The first kappa shape index (κ1) is 15.4. The van der Waals surface area contributed by atoms with E-state index in [0.717, 1.165) is 11.4 Å². The van der Waals surface area contributed by atoms with Crippen LogP contribution in [0.5, 0.6) is 0 Å². The lowest BCUT2D eigenvalue weighted by molar-refractivity contribution is -0.117. The van der Waals surface area contributed by atoms with Gasteiger partial charge in [-0.25, -0.2) is 0 Å². The smallest absolute Gasteiger partial charge is 0.242 e. The fraction of sp³-hybridized carbons (Fsp3) is 0.333. The molecule has 1 heterocycles. The number of anilines is 1. The van der Waals surface area contributed by atoms with Gasteiger partial charge in [0.25, 0.3) is 0 Å². The number of aromatic nitrogens is 1. The Balaban J connectivity index is 2.03. The Kier molecular flexibility index (Phi) is 4.90. The molecule has 2 rings (SSSR count). The summed E-state index contributed by atoms with van der Waals surface area (Å²) in [6.45, 7) is 3.47. The van der Waals surface area contributed by atoms with E-state index < -0.39 is 16.0 Å². The Bertz CT molecular complexity index is 639. The molecule has 1 aromatic heterocycles. The summed E-state index contributed by atoms with van der Waals surface area (Å²) in [4.78, 5) is 13.9. The zero-order valence-corrected chi connectivity index (χ0v) is 13.1. The van der Waals surface area contributed by atoms with E-state index >= 15 is 0 Å². The van der Waals surface area contributed by atoms with Crippen molar-refractivity contribution in [3.05, 3.63) is 47.9 Å². The number of hydrogen-bond acceptors (Lipinski definition) is 4. The van der Waals surface area contributed by atoms with Crippen molar-refractivity contribution < 1.29 is 13.5 Å². The van der Waals surface area contributed by atoms with Gasteiger partial charge < -0.3 is 9.42 Å². The fourth-order valence-corrected chi connectivity index (χ4v) is 2.96. The van der Waals surface area contributed by atoms with Gasteiger partial charge in [0, 0.05) is 29.6 Å². The summed E-state index contributed by atoms with van der Waals surface area (Å²) in [6.07, 6.45) is 0. The van der Waals surface area contributed by atoms with Crippen molar-refractivity contribution in [2.24, 2.45) is 0 Å². The zero-order chi connectivity index (χ0) is 15.4. The maximum absolute atomic E-state index is 12.4. The van der Waals surface area contributed by atoms with Crippen LogP contribution in [0.3, 0.4) is 0 Å². The lowest BCUT2D eigenvalue weighted by Gasteiger charge is -2.20. The summed E-state index contributed by atoms with van der Waals surface area (Å²) < 4.78 is 17.3. The van der Waals surface area contributed by atoms with Crippen LogP contribution < -0.4 is 4.90 Å². The summed E-state index contributed by atoms with van der Waals surface area (Å²) in [7, 11) is 0.333. The molecule has 0 radical (unpaired) electrons. The van der Waals surface area contributed by atoms with Gasteiger partial charge in [0.2, 0.25) is 5.91 Å². The summed E-state index contributed by atoms with van der Waals surface area (Å²) in [6, 6.07) is 11.0. The topological polar surface area (TPSA) is 63.4 Å². The van der Waals surface area contributed by atoms with Crippen LogP contribution in [0.25, 0.3) is 0 Å². The summed E-state index contributed by atoms with van der Waals surface area (Å²) in [5, 5.41) is 3.14. The first-order valence-electron chi connectivity index (χ1n) is 6.61. The molecule has 112 valence electrons. The van der Waals surface area contributed by atoms with E-state index in [1.165, 1.54) is 4.90 Å². The molecule has 0 aliphatic heterocycles. The van der Waals surface area contributed by atoms with Crippen molar-refractivity contribution >= 4 is 22.4 Å². The van der Waals surface area contributed by atoms with Crippen LogP contribution in [-0.2, 0) is 21.3 Å². The Hall–Kier alpha value is -1.95. The van der Waals surface area contributed by atoms with E-state index in [0.29, 0.717) is 5.76 Å². The highest BCUT2D eigenvalue weighted by Crippen LogP contribution is 2.15. The minimum absolute atomic E-state index is 0.184. The normalized spacial score (nSPS) is 13.7. The number of rotatable bonds is 5. The van der Waals surface area contributed by atoms with Crippen molar-refractivity contribution in [2.45, 2.75) is 24.9 Å². The average molecular weight is 306 g/mol. The molecule has 0 saturated carbocycles. The third-order valence-electron chi connectivity index (χ3n) is 3.18. The van der Waals surface area contributed by atoms with Crippen LogP contribution in [0.4, 0.5) is 5.69 Å². The predicted octanol–water partition coefficient (Wildman–Crippen LogP) is 2.28. The second-order valence-corrected chi connectivity index (χ2v) is 6.59. The first-order chi connectivity index (χ1) is 9.99. The molecule has 0 spiro atoms. The number of para-hydroxylation sites is 1. The molecule has 0 aliphatic rings. The van der Waals surface area contributed by atoms with E-state index in [4.69, 9.17) is 4.52 Å². The first-order valence-corrected chi connectivity index (χ1v) is 7.99. The number of hydrogen-bond donors (Lipinski definition) is 0. The Morgan fingerprint density at radius 3 is 2.62 bits per heavy atom. The highest BCUT2D eigenvalue weighted by Gasteiger charge is 2.25. The van der Waals surface area contributed by atoms with E-state index in [1.807, 2.05) is 30.3 Å². The quantitative estimate of drug-likeness (QED) is 0.850. The number of amides is 1. The lowest BCUT2D eigenvalue weighted by Crippen LogP contribution is -2.37. The second kappa shape index (κ2) is 6.67. The van der Waals surface area contributed by atoms with Crippen LogP contribution >= 0.6 is 0 Å². The van der Waals surface area contributed by atoms with E-state index in [1.54, 1.807) is 27.0 Å². The molecular formula is C15H18N2O3S. The molecule has 1 amide bonds. The van der Waals surface area contributed by atoms with Crippen molar-refractivity contribution in [3.8, 4) is 0 Å². The minimum Gasteiger partial charge on any atom is -0.360 e. The predicted molar refractivity (Wildman–Crippen MR) is 82.4 cm³/mol. The van der Waals surface area contributed by atoms with Gasteiger partial charge in [0.05, 0.1) is 11.4 Å². The molecule has 0 bridgehead atoms. The highest BCUT2D eigenvalue weighted by molar-refractivity contribution is 7.85. The molecule has 21 heavy (non-hydrogen) atoms. The molecule has 2 atom stereocenters. The van der Waals surface area contributed by atoms with E-state index in [2.05, 4.69) is 5.16 Å². The summed E-state index contributed by atoms with van der Waals surface area (Å²) >= 11 is 0. The number of aryl methyl sites for hydroxylation is 1. The molecular weight excluding hydrogens is 288 g/mol. The van der Waals surface area contributed by atoms with Gasteiger partial charge in [0.15, 0.2) is 0 Å². The third kappa shape index (κ3) is 3.78. The summed E-state index contributed by atoms with van der Waals surface area (Å²) in [5.74, 6) is 0.541. The summed E-state index contributed by atoms with van der Waals surface area (Å²) in [5.41, 5.74) is 1.52. The fourth-order valence-electron chi connectivity index (χ4n) is 1.91. The number of nitrogens with zero attached hydrogens (tertiary/aromatic N) is 2. The van der Waals surface area contributed by atoms with Gasteiger partial charge in [-0.05, 0) is 26.0 Å². The van der Waals surface area contributed by atoms with Crippen LogP contribution in [0.15, 0.2) is 40.9 Å². The number of carbonyl (C=O) groups excluding carboxylic acids is 1. The second-order valence-electron chi connectivity index (χ2n) is 4.83. The van der Waals surface area contributed by atoms with Gasteiger partial charge in [-0.15, -0.1) is 0 Å². The van der Waals surface area contributed by atoms with Crippen LogP contribution in [0.2, 0.25) is 0 Å². The average Bonchev–Trinajstić information content (AvgIpc) is 2.90. The molecule has 0 N–H and O–H groups in total. The molecule has 0 fully saturated rings. The van der Waals surface area contributed by atoms with Gasteiger partial charge >= 0.3 is 0 Å². The number of benzene rings is 1. The van der Waals surface area contributed by atoms with Crippen molar-refractivity contribution in [3.63, 3.8) is 0 Å². The largest absolute Gasteiger partial charge is 0.360 e. The highest BCUT2D eigenvalue weighted by atomic mass is 32.2. The molecule has 2 aromatic rings. The standard InChI is InChI=1S/C15H18N2O3S/c1-11-9-14(20-16-11)10-21(19)12(2)15(18)17(3)13-7-5-4-6-8-13/h4-9,12H,10H2,1-3H3/t12-,21+/m1/s1. The molecule has 1 aromatic carbocycles. The Labute approximate surface area is 126 Å². The SMILES string of the molecule is Cc1cc(C[S@](=O)[C@H](C)C(=O)N(C)c2ccccc2)on1. The monoisotopic (exact) mass is 306 g/mol. The maximum atomic E-state index is 12.4. The molecule has 5 nitrogen and oxygen atoms in total. The van der Waals surface area contributed by atoms with Crippen molar-refractivity contribution in [1.82, 2.24) is 5.16 Å². The molecule has 0 saturated heterocycles. The molecule has 6 heteroatoms.